The highest BCUT2D eigenvalue weighted by Crippen LogP contribution is 2.53. The molecule has 0 unspecified atom stereocenters. The van der Waals surface area contributed by atoms with Gasteiger partial charge in [0.2, 0.25) is 0 Å². The number of benzene rings is 10. The average molecular weight is 1210 g/mol. The second-order valence-corrected chi connectivity index (χ2v) is 22.5. The Morgan fingerprint density at radius 2 is 0.422 bits per heavy atom. The van der Waals surface area contributed by atoms with Gasteiger partial charge in [0.15, 0.2) is 0 Å². The largest absolute Gasteiger partial charge is 0.497 e. The number of hydrogen-bond acceptors (Lipinski definition) is 12. The van der Waals surface area contributed by atoms with Gasteiger partial charge in [-0.1, -0.05) is 78.6 Å². The zero-order valence-corrected chi connectivity index (χ0v) is 53.9. The Morgan fingerprint density at radius 1 is 0.233 bits per heavy atom. The molecule has 0 aromatic heterocycles. The van der Waals surface area contributed by atoms with Gasteiger partial charge in [-0.15, -0.1) is 0 Å². The Morgan fingerprint density at radius 3 is 0.600 bits per heavy atom. The fourth-order valence-electron chi connectivity index (χ4n) is 11.7. The van der Waals surface area contributed by atoms with Crippen LogP contribution in [0.2, 0.25) is 0 Å². The molecule has 0 aliphatic rings. The van der Waals surface area contributed by atoms with Gasteiger partial charge in [-0.25, -0.2) is 0 Å². The Balaban J connectivity index is 1.37. The lowest BCUT2D eigenvalue weighted by molar-refractivity contribution is 0.306. The number of fused-ring (bicyclic) bond motifs is 6. The molecular weight excluding hydrogens is 1120 g/mol. The molecule has 12 heteroatoms. The fraction of sp³-hybridized carbons (Fsp3) is 0.308. The van der Waals surface area contributed by atoms with E-state index in [1.54, 1.807) is 42.7 Å². The summed E-state index contributed by atoms with van der Waals surface area (Å²) in [7, 11) is 10.2. The normalized spacial score (nSPS) is 11.2. The van der Waals surface area contributed by atoms with Crippen LogP contribution in [0.3, 0.4) is 0 Å². The summed E-state index contributed by atoms with van der Waals surface area (Å²) in [6.45, 7) is 8.30. The molecule has 0 bridgehead atoms. The predicted molar refractivity (Wildman–Crippen MR) is 371 cm³/mol. The van der Waals surface area contributed by atoms with Crippen molar-refractivity contribution in [3.8, 4) is 51.7 Å². The van der Waals surface area contributed by atoms with Crippen molar-refractivity contribution in [1.29, 1.82) is 0 Å². The van der Waals surface area contributed by atoms with E-state index < -0.39 is 0 Å². The van der Waals surface area contributed by atoms with Gasteiger partial charge in [-0.05, 0) is 234 Å². The van der Waals surface area contributed by atoms with Crippen LogP contribution >= 0.6 is 0 Å². The second-order valence-electron chi connectivity index (χ2n) is 22.5. The number of rotatable bonds is 33. The number of methoxy groups -OCH3 is 6. The molecule has 0 saturated heterocycles. The van der Waals surface area contributed by atoms with Gasteiger partial charge in [0, 0.05) is 34.1 Å². The summed E-state index contributed by atoms with van der Waals surface area (Å²) in [5.74, 6) is 6.75. The SMILES string of the molecule is CCCCCCOc1cc2c(cc1N(c1ccc(OC)cc1)c1ccc(OC)cc1)c1cc(OCCCCCC)c(N(c3ccc(OC)cc3)c3ccc(OC)cc3)cc1c1cc(OCCCCCC)c(N(c3ccc(OC)cc3)c3ccc(OC)cc3)cc21. The van der Waals surface area contributed by atoms with Crippen molar-refractivity contribution in [2.24, 2.45) is 0 Å². The summed E-state index contributed by atoms with van der Waals surface area (Å²) in [6, 6.07) is 63.1. The molecule has 0 heterocycles. The van der Waals surface area contributed by atoms with Crippen LogP contribution in [0.1, 0.15) is 97.8 Å². The molecule has 10 rings (SSSR count). The van der Waals surface area contributed by atoms with Crippen LogP contribution in [-0.4, -0.2) is 62.5 Å². The zero-order valence-electron chi connectivity index (χ0n) is 53.9. The molecule has 0 aliphatic carbocycles. The van der Waals surface area contributed by atoms with E-state index in [4.69, 9.17) is 42.6 Å². The highest BCUT2D eigenvalue weighted by atomic mass is 16.5. The fourth-order valence-corrected chi connectivity index (χ4v) is 11.7. The van der Waals surface area contributed by atoms with E-state index in [0.29, 0.717) is 19.8 Å². The lowest BCUT2D eigenvalue weighted by Gasteiger charge is -2.31. The molecule has 10 aromatic carbocycles. The van der Waals surface area contributed by atoms with Gasteiger partial charge >= 0.3 is 0 Å². The summed E-state index contributed by atoms with van der Waals surface area (Å²) in [5.41, 5.74) is 8.13. The summed E-state index contributed by atoms with van der Waals surface area (Å²) < 4.78 is 56.2. The predicted octanol–water partition coefficient (Wildman–Crippen LogP) is 21.5. The number of unbranched alkanes of at least 4 members (excludes halogenated alkanes) is 9. The van der Waals surface area contributed by atoms with Crippen molar-refractivity contribution in [2.75, 3.05) is 77.2 Å². The lowest BCUT2D eigenvalue weighted by atomic mass is 9.91. The molecule has 0 N–H and O–H groups in total. The first-order chi connectivity index (χ1) is 44.2. The zero-order chi connectivity index (χ0) is 62.8. The first-order valence-electron chi connectivity index (χ1n) is 31.9. The highest BCUT2D eigenvalue weighted by Gasteiger charge is 2.27. The minimum absolute atomic E-state index is 0.527. The quantitative estimate of drug-likeness (QED) is 0.0290. The van der Waals surface area contributed by atoms with E-state index in [1.807, 2.05) is 72.8 Å². The Bertz CT molecular complexity index is 3320. The van der Waals surface area contributed by atoms with Crippen molar-refractivity contribution < 1.29 is 42.6 Å². The van der Waals surface area contributed by atoms with Crippen LogP contribution in [0.15, 0.2) is 182 Å². The Kier molecular flexibility index (Phi) is 22.0. The van der Waals surface area contributed by atoms with E-state index >= 15 is 0 Å². The first kappa shape index (κ1) is 63.6. The van der Waals surface area contributed by atoms with E-state index in [2.05, 4.69) is 145 Å². The maximum atomic E-state index is 7.23. The standard InChI is InChI=1S/C78H87N3O9/c1-10-13-16-19-46-88-76-52-70-67(49-73(76)79(55-22-34-61(82-4)35-23-55)56-24-36-62(83-5)37-25-56)71-53-77(89-47-20-17-14-11-2)75(81(59-30-42-65(86-8)43-31-59)60-32-44-66(87-9)45-33-60)51-69(71)72-54-78(90-48-21-18-15-12-3)74(50-68(70)72)80(57-26-38-63(84-6)39-27-57)58-28-40-64(85-7)41-29-58/h22-45,49-54H,10-21,46-48H2,1-9H3. The average Bonchev–Trinajstić information content (AvgIpc) is 0.732. The summed E-state index contributed by atoms with van der Waals surface area (Å²) in [6.07, 6.45) is 12.6. The monoisotopic (exact) mass is 1210 g/mol. The topological polar surface area (TPSA) is 92.8 Å². The molecule has 0 amide bonds. The molecule has 0 aliphatic heterocycles. The maximum absolute atomic E-state index is 7.23. The molecule has 12 nitrogen and oxygen atoms in total. The third-order valence-electron chi connectivity index (χ3n) is 16.6. The van der Waals surface area contributed by atoms with E-state index in [0.717, 1.165) is 212 Å². The van der Waals surface area contributed by atoms with Crippen molar-refractivity contribution >= 4 is 83.5 Å². The summed E-state index contributed by atoms with van der Waals surface area (Å²) in [4.78, 5) is 6.83. The molecule has 468 valence electrons. The van der Waals surface area contributed by atoms with Gasteiger partial charge in [0.05, 0.1) is 79.5 Å². The lowest BCUT2D eigenvalue weighted by Crippen LogP contribution is -2.13. The molecule has 0 spiro atoms. The number of anilines is 9. The highest BCUT2D eigenvalue weighted by molar-refractivity contribution is 6.28. The van der Waals surface area contributed by atoms with Gasteiger partial charge < -0.3 is 57.3 Å². The van der Waals surface area contributed by atoms with Crippen molar-refractivity contribution in [3.05, 3.63) is 182 Å². The summed E-state index contributed by atoms with van der Waals surface area (Å²) in [5, 5.41) is 6.00. The molecule has 0 saturated carbocycles. The Hall–Kier alpha value is -9.42. The van der Waals surface area contributed by atoms with Gasteiger partial charge in [0.25, 0.3) is 0 Å². The third-order valence-corrected chi connectivity index (χ3v) is 16.6. The van der Waals surface area contributed by atoms with Crippen LogP contribution in [0.5, 0.6) is 51.7 Å². The first-order valence-corrected chi connectivity index (χ1v) is 31.9. The van der Waals surface area contributed by atoms with Gasteiger partial charge in [-0.3, -0.25) is 0 Å². The third kappa shape index (κ3) is 14.7. The summed E-state index contributed by atoms with van der Waals surface area (Å²) >= 11 is 0. The molecule has 0 radical (unpaired) electrons. The number of nitrogens with zero attached hydrogens (tertiary/aromatic N) is 3. The van der Waals surface area contributed by atoms with Crippen LogP contribution in [0.4, 0.5) is 51.2 Å². The van der Waals surface area contributed by atoms with E-state index in [9.17, 15) is 0 Å². The van der Waals surface area contributed by atoms with Gasteiger partial charge in [0.1, 0.15) is 51.7 Å². The number of ether oxygens (including phenoxy) is 9. The van der Waals surface area contributed by atoms with E-state index in [1.165, 1.54) is 0 Å². The van der Waals surface area contributed by atoms with Gasteiger partial charge in [-0.2, -0.15) is 0 Å². The van der Waals surface area contributed by atoms with Crippen LogP contribution in [0.25, 0.3) is 32.3 Å². The minimum atomic E-state index is 0.527. The Labute approximate surface area is 532 Å². The second kappa shape index (κ2) is 31.2. The van der Waals surface area contributed by atoms with E-state index in [-0.39, 0.29) is 0 Å². The maximum Gasteiger partial charge on any atom is 0.143 e. The van der Waals surface area contributed by atoms with Crippen molar-refractivity contribution in [1.82, 2.24) is 0 Å². The molecule has 90 heavy (non-hydrogen) atoms. The van der Waals surface area contributed by atoms with Crippen molar-refractivity contribution in [3.63, 3.8) is 0 Å². The molecule has 0 fully saturated rings. The van der Waals surface area contributed by atoms with Crippen LogP contribution in [-0.2, 0) is 0 Å². The molecule has 0 atom stereocenters. The van der Waals surface area contributed by atoms with Crippen LogP contribution in [0, 0.1) is 0 Å². The molecular formula is C78H87N3O9. The molecule has 10 aromatic rings. The number of hydrogen-bond donors (Lipinski definition) is 0. The minimum Gasteiger partial charge on any atom is -0.497 e. The van der Waals surface area contributed by atoms with Crippen LogP contribution < -0.4 is 57.3 Å². The van der Waals surface area contributed by atoms with Crippen molar-refractivity contribution in [2.45, 2.75) is 97.8 Å². The smallest absolute Gasteiger partial charge is 0.143 e.